The van der Waals surface area contributed by atoms with Crippen molar-refractivity contribution >= 4 is 5.91 Å². The maximum atomic E-state index is 15.0. The van der Waals surface area contributed by atoms with Crippen LogP contribution in [0.2, 0.25) is 0 Å². The highest BCUT2D eigenvalue weighted by atomic mass is 19.4. The highest BCUT2D eigenvalue weighted by Gasteiger charge is 2.36. The zero-order valence-corrected chi connectivity index (χ0v) is 20.6. The first-order chi connectivity index (χ1) is 17.3. The Balaban J connectivity index is 1.65. The van der Waals surface area contributed by atoms with Gasteiger partial charge >= 0.3 is 6.18 Å². The molecule has 0 radical (unpaired) electrons. The van der Waals surface area contributed by atoms with Gasteiger partial charge in [0.25, 0.3) is 17.7 Å². The third kappa shape index (κ3) is 5.92. The fourth-order valence-corrected chi connectivity index (χ4v) is 3.81. The minimum Gasteiger partial charge on any atom is -0.483 e. The van der Waals surface area contributed by atoms with Crippen molar-refractivity contribution in [2.24, 2.45) is 0 Å². The summed E-state index contributed by atoms with van der Waals surface area (Å²) < 4.78 is 71.5. The molecular weight excluding hydrogens is 494 g/mol. The summed E-state index contributed by atoms with van der Waals surface area (Å²) in [5.41, 5.74) is 0.136. The largest absolute Gasteiger partial charge is 0.483 e. The first-order valence-corrected chi connectivity index (χ1v) is 11.4. The maximum absolute atomic E-state index is 15.0. The number of halogens is 4. The first-order valence-electron chi connectivity index (χ1n) is 11.4. The Morgan fingerprint density at radius 1 is 1.16 bits per heavy atom. The molecule has 37 heavy (non-hydrogen) atoms. The molecule has 1 N–H and O–H groups in total. The Labute approximate surface area is 210 Å². The molecular formula is C26H25F4N3O4. The molecule has 4 rings (SSSR count). The maximum Gasteiger partial charge on any atom is 0.416 e. The first kappa shape index (κ1) is 26.2. The number of carbonyl (C=O) groups excluding carboxylic acids is 1. The van der Waals surface area contributed by atoms with Gasteiger partial charge in [0.05, 0.1) is 12.1 Å². The lowest BCUT2D eigenvalue weighted by atomic mass is 10.0. The van der Waals surface area contributed by atoms with E-state index >= 15 is 4.39 Å². The zero-order valence-electron chi connectivity index (χ0n) is 20.6. The Bertz CT molecular complexity index is 1330. The molecule has 2 heterocycles. The van der Waals surface area contributed by atoms with Crippen molar-refractivity contribution in [1.82, 2.24) is 15.5 Å². The van der Waals surface area contributed by atoms with E-state index in [9.17, 15) is 18.0 Å². The Morgan fingerprint density at radius 2 is 1.92 bits per heavy atom. The molecule has 0 aliphatic carbocycles. The van der Waals surface area contributed by atoms with Crippen molar-refractivity contribution < 1.29 is 36.6 Å². The van der Waals surface area contributed by atoms with Crippen molar-refractivity contribution in [2.75, 3.05) is 13.2 Å². The monoisotopic (exact) mass is 519 g/mol. The van der Waals surface area contributed by atoms with Gasteiger partial charge in [-0.3, -0.25) is 4.79 Å². The van der Waals surface area contributed by atoms with Crippen LogP contribution in [-0.2, 0) is 6.18 Å². The number of alkyl halides is 4. The predicted molar refractivity (Wildman–Crippen MR) is 126 cm³/mol. The van der Waals surface area contributed by atoms with Gasteiger partial charge in [0.15, 0.2) is 5.56 Å². The fourth-order valence-electron chi connectivity index (χ4n) is 3.81. The van der Waals surface area contributed by atoms with E-state index in [-0.39, 0.29) is 36.1 Å². The molecule has 1 aliphatic heterocycles. The average Bonchev–Trinajstić information content (AvgIpc) is 2.81. The van der Waals surface area contributed by atoms with Crippen LogP contribution < -0.4 is 19.5 Å². The van der Waals surface area contributed by atoms with E-state index < -0.39 is 35.3 Å². The Hall–Kier alpha value is -3.89. The topological polar surface area (TPSA) is 82.6 Å². The van der Waals surface area contributed by atoms with Crippen molar-refractivity contribution in [3.05, 3.63) is 70.3 Å². The summed E-state index contributed by atoms with van der Waals surface area (Å²) in [5, 5.41) is 10.2. The lowest BCUT2D eigenvalue weighted by Gasteiger charge is -2.32. The number of rotatable bonds is 6. The van der Waals surface area contributed by atoms with E-state index in [0.29, 0.717) is 5.56 Å². The second-order valence-electron chi connectivity index (χ2n) is 9.33. The molecule has 7 nitrogen and oxygen atoms in total. The van der Waals surface area contributed by atoms with Gasteiger partial charge < -0.3 is 19.5 Å². The van der Waals surface area contributed by atoms with Crippen LogP contribution in [0.25, 0.3) is 0 Å². The molecule has 0 saturated heterocycles. The number of benzene rings is 2. The molecule has 0 bridgehead atoms. The Kier molecular flexibility index (Phi) is 6.98. The molecule has 196 valence electrons. The molecule has 0 spiro atoms. The minimum absolute atomic E-state index is 0.0449. The van der Waals surface area contributed by atoms with Crippen LogP contribution in [0.3, 0.4) is 0 Å². The second-order valence-corrected chi connectivity index (χ2v) is 9.33. The molecule has 11 heteroatoms. The van der Waals surface area contributed by atoms with E-state index in [2.05, 4.69) is 15.5 Å². The van der Waals surface area contributed by atoms with Gasteiger partial charge in [0, 0.05) is 0 Å². The molecule has 1 amide bonds. The van der Waals surface area contributed by atoms with Crippen LogP contribution in [0.1, 0.15) is 52.6 Å². The fraction of sp³-hybridized carbons (Fsp3) is 0.346. The number of aromatic nitrogens is 2. The van der Waals surface area contributed by atoms with Gasteiger partial charge in [-0.1, -0.05) is 29.8 Å². The van der Waals surface area contributed by atoms with Gasteiger partial charge in [-0.25, -0.2) is 4.39 Å². The highest BCUT2D eigenvalue weighted by molar-refractivity contribution is 5.99. The van der Waals surface area contributed by atoms with Crippen LogP contribution in [0, 0.1) is 13.8 Å². The molecule has 0 saturated carbocycles. The van der Waals surface area contributed by atoms with Crippen molar-refractivity contribution in [3.63, 3.8) is 0 Å². The smallest absolute Gasteiger partial charge is 0.416 e. The minimum atomic E-state index is -4.60. The van der Waals surface area contributed by atoms with Crippen molar-refractivity contribution in [3.8, 4) is 23.3 Å². The van der Waals surface area contributed by atoms with E-state index in [0.717, 1.165) is 29.3 Å². The van der Waals surface area contributed by atoms with Gasteiger partial charge in [0.2, 0.25) is 5.75 Å². The summed E-state index contributed by atoms with van der Waals surface area (Å²) >= 11 is 0. The number of nitrogens with one attached hydrogen (secondary N) is 1. The summed E-state index contributed by atoms with van der Waals surface area (Å²) in [5.74, 6) is -1.65. The summed E-state index contributed by atoms with van der Waals surface area (Å²) in [6, 6.07) is 9.33. The number of nitrogens with zero attached hydrogens (tertiary/aromatic N) is 2. The lowest BCUT2D eigenvalue weighted by Crippen LogP contribution is -2.40. The predicted octanol–water partition coefficient (Wildman–Crippen LogP) is 5.89. The Morgan fingerprint density at radius 3 is 2.62 bits per heavy atom. The van der Waals surface area contributed by atoms with Crippen molar-refractivity contribution in [1.29, 1.82) is 0 Å². The van der Waals surface area contributed by atoms with Gasteiger partial charge in [0.1, 0.15) is 24.1 Å². The normalized spacial score (nSPS) is 15.1. The van der Waals surface area contributed by atoms with Crippen LogP contribution in [0.5, 0.6) is 23.3 Å². The number of aryl methyl sites for hydroxylation is 2. The van der Waals surface area contributed by atoms with E-state index in [1.807, 2.05) is 13.0 Å². The second kappa shape index (κ2) is 9.87. The number of carbonyl (C=O) groups is 1. The molecule has 1 aromatic heterocycles. The molecule has 0 fully saturated rings. The number of amides is 1. The van der Waals surface area contributed by atoms with E-state index in [1.54, 1.807) is 32.9 Å². The molecule has 2 aromatic carbocycles. The van der Waals surface area contributed by atoms with Crippen molar-refractivity contribution in [2.45, 2.75) is 45.6 Å². The third-order valence-electron chi connectivity index (χ3n) is 5.61. The van der Waals surface area contributed by atoms with E-state index in [1.165, 1.54) is 6.07 Å². The molecule has 3 aromatic rings. The van der Waals surface area contributed by atoms with Crippen LogP contribution >= 0.6 is 0 Å². The highest BCUT2D eigenvalue weighted by Crippen LogP contribution is 2.41. The summed E-state index contributed by atoms with van der Waals surface area (Å²) in [7, 11) is 0. The van der Waals surface area contributed by atoms with Gasteiger partial charge in [-0.2, -0.15) is 13.2 Å². The van der Waals surface area contributed by atoms with E-state index in [4.69, 9.17) is 14.2 Å². The summed E-state index contributed by atoms with van der Waals surface area (Å²) in [4.78, 5) is 13.2. The number of hydrogen-bond donors (Lipinski definition) is 1. The third-order valence-corrected chi connectivity index (χ3v) is 5.61. The van der Waals surface area contributed by atoms with Crippen LogP contribution in [-0.4, -0.2) is 34.9 Å². The van der Waals surface area contributed by atoms with Crippen LogP contribution in [0.15, 0.2) is 42.5 Å². The standard InChI is InChI=1S/C26H25F4N3O4/c1-14-8-9-18(15(2)10-14)19(27)12-31-22(34)20-21-24(37-25(3,4)13-35-21)33-32-23(20)36-17-7-5-6-16(11-17)26(28,29)30/h5-11,19H,12-13H2,1-4H3,(H,31,34)/t19-/m0/s1. The lowest BCUT2D eigenvalue weighted by molar-refractivity contribution is -0.137. The van der Waals surface area contributed by atoms with Crippen LogP contribution in [0.4, 0.5) is 17.6 Å². The quantitative estimate of drug-likeness (QED) is 0.409. The summed E-state index contributed by atoms with van der Waals surface area (Å²) in [6.45, 7) is 6.80. The number of fused-ring (bicyclic) bond motifs is 1. The number of ether oxygens (including phenoxy) is 3. The summed E-state index contributed by atoms with van der Waals surface area (Å²) in [6.07, 6.45) is -6.12. The number of hydrogen-bond acceptors (Lipinski definition) is 6. The molecule has 1 aliphatic rings. The molecule has 0 unspecified atom stereocenters. The SMILES string of the molecule is Cc1ccc([C@@H](F)CNC(=O)c2c(Oc3cccc(C(F)(F)F)c3)nnc3c2OCC(C)(C)O3)c(C)c1. The van der Waals surface area contributed by atoms with Gasteiger partial charge in [-0.15, -0.1) is 10.2 Å². The molecule has 1 atom stereocenters. The average molecular weight is 519 g/mol. The zero-order chi connectivity index (χ0) is 27.0. The van der Waals surface area contributed by atoms with Gasteiger partial charge in [-0.05, 0) is 57.0 Å².